The van der Waals surface area contributed by atoms with Crippen molar-refractivity contribution in [1.82, 2.24) is 10.2 Å². The van der Waals surface area contributed by atoms with Gasteiger partial charge in [0.15, 0.2) is 5.92 Å². The minimum atomic E-state index is -0.626. The van der Waals surface area contributed by atoms with E-state index in [9.17, 15) is 10.1 Å². The highest BCUT2D eigenvalue weighted by molar-refractivity contribution is 6.02. The van der Waals surface area contributed by atoms with E-state index in [2.05, 4.69) is 30.1 Å². The summed E-state index contributed by atoms with van der Waals surface area (Å²) in [5.41, 5.74) is -0.469. The van der Waals surface area contributed by atoms with Gasteiger partial charge in [0.05, 0.1) is 11.6 Å². The number of nitrogens with one attached hydrogen (secondary N) is 1. The Morgan fingerprint density at radius 3 is 2.43 bits per heavy atom. The summed E-state index contributed by atoms with van der Waals surface area (Å²) in [7, 11) is 0. The zero-order valence-electron chi connectivity index (χ0n) is 12.9. The number of amides is 1. The average molecular weight is 288 g/mol. The van der Waals surface area contributed by atoms with Crippen LogP contribution >= 0.6 is 0 Å². The molecule has 1 N–H and O–H groups in total. The van der Waals surface area contributed by atoms with Crippen molar-refractivity contribution in [3.63, 3.8) is 0 Å². The average Bonchev–Trinajstić information content (AvgIpc) is 2.87. The summed E-state index contributed by atoms with van der Waals surface area (Å²) < 4.78 is 0. The van der Waals surface area contributed by atoms with Crippen LogP contribution in [0.4, 0.5) is 0 Å². The van der Waals surface area contributed by atoms with Crippen molar-refractivity contribution in [3.05, 3.63) is 0 Å². The third-order valence-electron chi connectivity index (χ3n) is 5.40. The van der Waals surface area contributed by atoms with Crippen LogP contribution in [0, 0.1) is 17.2 Å². The molecule has 0 aromatic rings. The molecule has 1 amide bonds. The molecule has 21 heavy (non-hydrogen) atoms. The van der Waals surface area contributed by atoms with E-state index in [1.807, 2.05) is 0 Å². The molecule has 5 nitrogen and oxygen atoms in total. The van der Waals surface area contributed by atoms with Crippen LogP contribution in [0.5, 0.6) is 0 Å². The van der Waals surface area contributed by atoms with Gasteiger partial charge < -0.3 is 4.90 Å². The molecule has 0 radical (unpaired) electrons. The molecule has 3 aliphatic rings. The summed E-state index contributed by atoms with van der Waals surface area (Å²) in [5, 5.41) is 12.3. The standard InChI is InChI=1S/C16H24N4O/c1-11-6-5-7-12(2)20(11)15-18-14(21)13(10-17)16(19-15)8-3-4-9-16/h11-13H,3-9H2,1-2H3,(H,18,19,21). The fraction of sp³-hybridized carbons (Fsp3) is 0.812. The number of rotatable bonds is 0. The molecule has 1 aliphatic carbocycles. The summed E-state index contributed by atoms with van der Waals surface area (Å²) in [5.74, 6) is -0.0679. The summed E-state index contributed by atoms with van der Waals surface area (Å²) in [6, 6.07) is 2.98. The van der Waals surface area contributed by atoms with Gasteiger partial charge in [-0.15, -0.1) is 0 Å². The maximum Gasteiger partial charge on any atom is 0.246 e. The number of likely N-dealkylation sites (tertiary alicyclic amines) is 1. The molecule has 1 saturated carbocycles. The van der Waals surface area contributed by atoms with Gasteiger partial charge in [0.1, 0.15) is 0 Å². The summed E-state index contributed by atoms with van der Waals surface area (Å²) in [6.45, 7) is 4.39. The molecule has 2 fully saturated rings. The van der Waals surface area contributed by atoms with Crippen LogP contribution in [0.25, 0.3) is 0 Å². The lowest BCUT2D eigenvalue weighted by atomic mass is 9.82. The lowest BCUT2D eigenvalue weighted by Gasteiger charge is -2.44. The fourth-order valence-electron chi connectivity index (χ4n) is 4.26. The van der Waals surface area contributed by atoms with Crippen LogP contribution in [-0.4, -0.2) is 34.4 Å². The predicted octanol–water partition coefficient (Wildman–Crippen LogP) is 2.19. The molecule has 0 aromatic carbocycles. The van der Waals surface area contributed by atoms with E-state index < -0.39 is 11.5 Å². The fourth-order valence-corrected chi connectivity index (χ4v) is 4.26. The van der Waals surface area contributed by atoms with Crippen LogP contribution in [-0.2, 0) is 4.79 Å². The van der Waals surface area contributed by atoms with Crippen LogP contribution in [0.15, 0.2) is 4.99 Å². The number of piperidine rings is 1. The first-order chi connectivity index (χ1) is 10.1. The SMILES string of the molecule is CC1CCCC(C)N1C1=NC2(CCCC2)C(C#N)C(=O)N1. The Hall–Kier alpha value is -1.57. The number of aliphatic imine (C=N–C) groups is 1. The van der Waals surface area contributed by atoms with Crippen molar-refractivity contribution in [2.45, 2.75) is 76.4 Å². The lowest BCUT2D eigenvalue weighted by molar-refractivity contribution is -0.124. The highest BCUT2D eigenvalue weighted by atomic mass is 16.2. The Bertz CT molecular complexity index is 491. The second kappa shape index (κ2) is 5.32. The Kier molecular flexibility index (Phi) is 3.64. The van der Waals surface area contributed by atoms with Crippen molar-refractivity contribution in [2.75, 3.05) is 0 Å². The van der Waals surface area contributed by atoms with E-state index in [-0.39, 0.29) is 5.91 Å². The highest BCUT2D eigenvalue weighted by Gasteiger charge is 2.49. The zero-order chi connectivity index (χ0) is 15.0. The lowest BCUT2D eigenvalue weighted by Crippen LogP contribution is -2.60. The summed E-state index contributed by atoms with van der Waals surface area (Å²) >= 11 is 0. The Morgan fingerprint density at radius 1 is 1.24 bits per heavy atom. The Balaban J connectivity index is 1.97. The van der Waals surface area contributed by atoms with Gasteiger partial charge in [-0.1, -0.05) is 12.8 Å². The van der Waals surface area contributed by atoms with Gasteiger partial charge in [0.25, 0.3) is 0 Å². The molecule has 3 unspecified atom stereocenters. The van der Waals surface area contributed by atoms with E-state index in [4.69, 9.17) is 4.99 Å². The quantitative estimate of drug-likeness (QED) is 0.743. The van der Waals surface area contributed by atoms with Gasteiger partial charge in [-0.05, 0) is 46.0 Å². The van der Waals surface area contributed by atoms with Crippen molar-refractivity contribution < 1.29 is 4.79 Å². The van der Waals surface area contributed by atoms with E-state index >= 15 is 0 Å². The first-order valence-corrected chi connectivity index (χ1v) is 8.16. The van der Waals surface area contributed by atoms with E-state index in [0.29, 0.717) is 18.0 Å². The van der Waals surface area contributed by atoms with Gasteiger partial charge in [-0.25, -0.2) is 4.99 Å². The smallest absolute Gasteiger partial charge is 0.246 e. The van der Waals surface area contributed by atoms with Crippen LogP contribution in [0.1, 0.15) is 58.8 Å². The van der Waals surface area contributed by atoms with E-state index in [1.165, 1.54) is 6.42 Å². The third-order valence-corrected chi connectivity index (χ3v) is 5.40. The molecular formula is C16H24N4O. The highest BCUT2D eigenvalue weighted by Crippen LogP contribution is 2.41. The number of nitrogens with zero attached hydrogens (tertiary/aromatic N) is 3. The van der Waals surface area contributed by atoms with Gasteiger partial charge in [0, 0.05) is 12.1 Å². The third kappa shape index (κ3) is 2.31. The molecule has 1 spiro atoms. The summed E-state index contributed by atoms with van der Waals surface area (Å²) in [4.78, 5) is 19.6. The molecular weight excluding hydrogens is 264 g/mol. The molecule has 0 bridgehead atoms. The van der Waals surface area contributed by atoms with Gasteiger partial charge in [0.2, 0.25) is 11.9 Å². The molecule has 2 aliphatic heterocycles. The first-order valence-electron chi connectivity index (χ1n) is 8.16. The molecule has 2 heterocycles. The predicted molar refractivity (Wildman–Crippen MR) is 80.5 cm³/mol. The van der Waals surface area contributed by atoms with Gasteiger partial charge in [-0.3, -0.25) is 10.1 Å². The number of carbonyl (C=O) groups is 1. The summed E-state index contributed by atoms with van der Waals surface area (Å²) in [6.07, 6.45) is 7.34. The number of carbonyl (C=O) groups excluding carboxylic acids is 1. The molecule has 3 atom stereocenters. The Morgan fingerprint density at radius 2 is 1.86 bits per heavy atom. The van der Waals surface area contributed by atoms with Crippen LogP contribution < -0.4 is 5.32 Å². The maximum absolute atomic E-state index is 12.4. The largest absolute Gasteiger partial charge is 0.337 e. The zero-order valence-corrected chi connectivity index (χ0v) is 12.9. The second-order valence-corrected chi connectivity index (χ2v) is 6.83. The van der Waals surface area contributed by atoms with Crippen molar-refractivity contribution in [2.24, 2.45) is 10.9 Å². The maximum atomic E-state index is 12.4. The topological polar surface area (TPSA) is 68.5 Å². The first kappa shape index (κ1) is 14.4. The van der Waals surface area contributed by atoms with E-state index in [1.54, 1.807) is 0 Å². The molecule has 0 aromatic heterocycles. The molecule has 1 saturated heterocycles. The molecule has 3 rings (SSSR count). The number of hydrogen-bond acceptors (Lipinski definition) is 4. The minimum Gasteiger partial charge on any atom is -0.337 e. The molecule has 114 valence electrons. The van der Waals surface area contributed by atoms with Crippen molar-refractivity contribution in [3.8, 4) is 6.07 Å². The van der Waals surface area contributed by atoms with Gasteiger partial charge >= 0.3 is 0 Å². The van der Waals surface area contributed by atoms with Crippen molar-refractivity contribution >= 4 is 11.9 Å². The number of guanidine groups is 1. The van der Waals surface area contributed by atoms with Crippen molar-refractivity contribution in [1.29, 1.82) is 5.26 Å². The number of hydrogen-bond donors (Lipinski definition) is 1. The van der Waals surface area contributed by atoms with Crippen LogP contribution in [0.3, 0.4) is 0 Å². The van der Waals surface area contributed by atoms with Crippen LogP contribution in [0.2, 0.25) is 0 Å². The van der Waals surface area contributed by atoms with Gasteiger partial charge in [-0.2, -0.15) is 5.26 Å². The molecule has 5 heteroatoms. The number of nitriles is 1. The minimum absolute atomic E-state index is 0.158. The van der Waals surface area contributed by atoms with E-state index in [0.717, 1.165) is 38.5 Å². The Labute approximate surface area is 126 Å². The second-order valence-electron chi connectivity index (χ2n) is 6.83. The monoisotopic (exact) mass is 288 g/mol. The normalized spacial score (nSPS) is 35.3.